The molecule has 0 saturated carbocycles. The lowest BCUT2D eigenvalue weighted by atomic mass is 10.1. The molecule has 0 bridgehead atoms. The number of ether oxygens (including phenoxy) is 1. The van der Waals surface area contributed by atoms with Gasteiger partial charge in [0.1, 0.15) is 28.3 Å². The van der Waals surface area contributed by atoms with Crippen molar-refractivity contribution in [3.8, 4) is 0 Å². The summed E-state index contributed by atoms with van der Waals surface area (Å²) in [5.41, 5.74) is 2.57. The van der Waals surface area contributed by atoms with Gasteiger partial charge in [-0.15, -0.1) is 35.3 Å². The Morgan fingerprint density at radius 1 is 1.45 bits per heavy atom. The summed E-state index contributed by atoms with van der Waals surface area (Å²) in [5, 5.41) is 7.09. The van der Waals surface area contributed by atoms with Crippen LogP contribution in [0, 0.1) is 12.7 Å². The highest BCUT2D eigenvalue weighted by Crippen LogP contribution is 2.26. The van der Waals surface area contributed by atoms with Gasteiger partial charge in [0.2, 0.25) is 0 Å². The maximum absolute atomic E-state index is 13.5. The van der Waals surface area contributed by atoms with E-state index in [0.717, 1.165) is 33.4 Å². The molecule has 0 aliphatic rings. The zero-order valence-electron chi connectivity index (χ0n) is 17.2. The fourth-order valence-corrected chi connectivity index (χ4v) is 3.80. The standard InChI is InChI=1S/C20H25FN4O2S.HI/c1-12-16-8-14(21)6-7-17(16)27-18(12)9-23-20(22-3)25(4)10-15-11-28-19(24-15)13(2)26-5;/h6-8,11,13H,9-10H2,1-5H3,(H,22,23);1H. The highest BCUT2D eigenvalue weighted by atomic mass is 127. The quantitative estimate of drug-likeness (QED) is 0.279. The number of benzene rings is 1. The van der Waals surface area contributed by atoms with Crippen molar-refractivity contribution in [2.45, 2.75) is 33.0 Å². The Kier molecular flexibility index (Phi) is 8.41. The van der Waals surface area contributed by atoms with E-state index in [-0.39, 0.29) is 35.9 Å². The van der Waals surface area contributed by atoms with Crippen LogP contribution in [0.1, 0.15) is 35.1 Å². The van der Waals surface area contributed by atoms with Crippen molar-refractivity contribution in [1.82, 2.24) is 15.2 Å². The molecule has 0 radical (unpaired) electrons. The Morgan fingerprint density at radius 3 is 2.90 bits per heavy atom. The first-order valence-electron chi connectivity index (χ1n) is 8.99. The molecule has 29 heavy (non-hydrogen) atoms. The average Bonchev–Trinajstić information content (AvgIpc) is 3.27. The van der Waals surface area contributed by atoms with Crippen molar-refractivity contribution in [2.24, 2.45) is 4.99 Å². The number of thiazole rings is 1. The van der Waals surface area contributed by atoms with Gasteiger partial charge in [0.05, 0.1) is 18.8 Å². The minimum atomic E-state index is -0.267. The van der Waals surface area contributed by atoms with Crippen LogP contribution in [0.5, 0.6) is 0 Å². The molecule has 158 valence electrons. The van der Waals surface area contributed by atoms with E-state index in [0.29, 0.717) is 18.7 Å². The van der Waals surface area contributed by atoms with Crippen LogP contribution >= 0.6 is 35.3 Å². The highest BCUT2D eigenvalue weighted by molar-refractivity contribution is 14.0. The van der Waals surface area contributed by atoms with Gasteiger partial charge in [-0.1, -0.05) is 0 Å². The predicted molar refractivity (Wildman–Crippen MR) is 126 cm³/mol. The van der Waals surface area contributed by atoms with Crippen molar-refractivity contribution in [3.63, 3.8) is 0 Å². The number of aryl methyl sites for hydroxylation is 1. The van der Waals surface area contributed by atoms with Crippen molar-refractivity contribution >= 4 is 52.2 Å². The number of furan rings is 1. The third-order valence-electron chi connectivity index (χ3n) is 4.65. The minimum Gasteiger partial charge on any atom is -0.459 e. The van der Waals surface area contributed by atoms with Gasteiger partial charge in [-0.2, -0.15) is 0 Å². The number of aliphatic imine (C=N–C) groups is 1. The molecule has 1 N–H and O–H groups in total. The van der Waals surface area contributed by atoms with Gasteiger partial charge >= 0.3 is 0 Å². The number of fused-ring (bicyclic) bond motifs is 1. The number of nitrogens with one attached hydrogen (secondary N) is 1. The first kappa shape index (κ1) is 23.6. The van der Waals surface area contributed by atoms with Crippen LogP contribution in [0.25, 0.3) is 11.0 Å². The van der Waals surface area contributed by atoms with Crippen molar-refractivity contribution < 1.29 is 13.5 Å². The first-order chi connectivity index (χ1) is 13.4. The monoisotopic (exact) mass is 532 g/mol. The molecule has 0 amide bonds. The molecule has 0 aliphatic carbocycles. The molecule has 0 fully saturated rings. The summed E-state index contributed by atoms with van der Waals surface area (Å²) in [5.74, 6) is 1.22. The summed E-state index contributed by atoms with van der Waals surface area (Å²) in [6, 6.07) is 4.56. The van der Waals surface area contributed by atoms with E-state index in [1.807, 2.05) is 31.2 Å². The molecule has 3 aromatic rings. The smallest absolute Gasteiger partial charge is 0.194 e. The Balaban J connectivity index is 0.00000300. The number of rotatable bonds is 6. The number of nitrogens with zero attached hydrogens (tertiary/aromatic N) is 3. The zero-order chi connectivity index (χ0) is 20.3. The van der Waals surface area contributed by atoms with Crippen molar-refractivity contribution in [1.29, 1.82) is 0 Å². The molecular formula is C20H26FIN4O2S. The fraction of sp³-hybridized carbons (Fsp3) is 0.400. The van der Waals surface area contributed by atoms with Crippen molar-refractivity contribution in [2.75, 3.05) is 21.2 Å². The summed E-state index contributed by atoms with van der Waals surface area (Å²) in [6.45, 7) is 5.00. The largest absolute Gasteiger partial charge is 0.459 e. The molecule has 1 unspecified atom stereocenters. The average molecular weight is 532 g/mol. The lowest BCUT2D eigenvalue weighted by Gasteiger charge is -2.21. The molecular weight excluding hydrogens is 506 g/mol. The second-order valence-corrected chi connectivity index (χ2v) is 7.49. The Labute approximate surface area is 191 Å². The second kappa shape index (κ2) is 10.4. The van der Waals surface area contributed by atoms with E-state index >= 15 is 0 Å². The van der Waals surface area contributed by atoms with E-state index in [1.165, 1.54) is 12.1 Å². The highest BCUT2D eigenvalue weighted by Gasteiger charge is 2.15. The summed E-state index contributed by atoms with van der Waals surface area (Å²) in [7, 11) is 5.37. The van der Waals surface area contributed by atoms with Crippen molar-refractivity contribution in [3.05, 3.63) is 51.4 Å². The molecule has 1 aromatic carbocycles. The van der Waals surface area contributed by atoms with E-state index in [4.69, 9.17) is 9.15 Å². The SMILES string of the molecule is CN=C(NCc1oc2ccc(F)cc2c1C)N(C)Cc1csc(C(C)OC)n1.I. The van der Waals surface area contributed by atoms with Crippen LogP contribution in [0.2, 0.25) is 0 Å². The number of hydrogen-bond acceptors (Lipinski definition) is 5. The minimum absolute atomic E-state index is 0. The van der Waals surface area contributed by atoms with E-state index in [1.54, 1.807) is 31.6 Å². The molecule has 6 nitrogen and oxygen atoms in total. The van der Waals surface area contributed by atoms with E-state index in [2.05, 4.69) is 15.3 Å². The van der Waals surface area contributed by atoms with Crippen LogP contribution in [-0.2, 0) is 17.8 Å². The third-order valence-corrected chi connectivity index (χ3v) is 5.70. The second-order valence-electron chi connectivity index (χ2n) is 6.60. The zero-order valence-corrected chi connectivity index (χ0v) is 20.3. The maximum atomic E-state index is 13.5. The first-order valence-corrected chi connectivity index (χ1v) is 9.87. The number of hydrogen-bond donors (Lipinski definition) is 1. The van der Waals surface area contributed by atoms with Gasteiger partial charge in [-0.25, -0.2) is 9.37 Å². The van der Waals surface area contributed by atoms with E-state index in [9.17, 15) is 4.39 Å². The van der Waals surface area contributed by atoms with Crippen LogP contribution in [0.3, 0.4) is 0 Å². The Bertz CT molecular complexity index is 988. The lowest BCUT2D eigenvalue weighted by molar-refractivity contribution is 0.119. The normalized spacial score (nSPS) is 12.7. The number of halogens is 2. The fourth-order valence-electron chi connectivity index (χ4n) is 2.96. The van der Waals surface area contributed by atoms with Gasteiger partial charge in [-0.3, -0.25) is 4.99 Å². The third kappa shape index (κ3) is 5.46. The number of guanidine groups is 1. The number of methoxy groups -OCH3 is 1. The van der Waals surface area contributed by atoms with Gasteiger partial charge in [0, 0.05) is 37.5 Å². The molecule has 9 heteroatoms. The molecule has 0 aliphatic heterocycles. The summed E-state index contributed by atoms with van der Waals surface area (Å²) in [6.07, 6.45) is -0.0117. The Hall–Kier alpha value is -1.72. The van der Waals surface area contributed by atoms with Crippen LogP contribution in [0.4, 0.5) is 4.39 Å². The summed E-state index contributed by atoms with van der Waals surface area (Å²) < 4.78 is 24.7. The summed E-state index contributed by atoms with van der Waals surface area (Å²) in [4.78, 5) is 11.0. The van der Waals surface area contributed by atoms with Gasteiger partial charge < -0.3 is 19.4 Å². The van der Waals surface area contributed by atoms with Gasteiger partial charge in [0.25, 0.3) is 0 Å². The molecule has 0 saturated heterocycles. The predicted octanol–water partition coefficient (Wildman–Crippen LogP) is 4.87. The van der Waals surface area contributed by atoms with Crippen LogP contribution in [-0.4, -0.2) is 37.0 Å². The maximum Gasteiger partial charge on any atom is 0.194 e. The molecule has 2 aromatic heterocycles. The van der Waals surface area contributed by atoms with Crippen LogP contribution in [0.15, 0.2) is 33.0 Å². The number of aromatic nitrogens is 1. The van der Waals surface area contributed by atoms with E-state index < -0.39 is 0 Å². The Morgan fingerprint density at radius 2 is 2.21 bits per heavy atom. The molecule has 2 heterocycles. The lowest BCUT2D eigenvalue weighted by Crippen LogP contribution is -2.38. The molecule has 1 atom stereocenters. The summed E-state index contributed by atoms with van der Waals surface area (Å²) >= 11 is 1.59. The van der Waals surface area contributed by atoms with Gasteiger partial charge in [0.15, 0.2) is 5.96 Å². The topological polar surface area (TPSA) is 62.9 Å². The molecule has 3 rings (SSSR count). The van der Waals surface area contributed by atoms with Gasteiger partial charge in [-0.05, 0) is 32.0 Å². The van der Waals surface area contributed by atoms with Crippen LogP contribution < -0.4 is 5.32 Å². The molecule has 0 spiro atoms.